The number of rotatable bonds is 4. The molecule has 13 rings (SSSR count). The average Bonchev–Trinajstić information content (AvgIpc) is 4.02. The molecule has 0 fully saturated rings. The van der Waals surface area contributed by atoms with Gasteiger partial charge in [0.25, 0.3) is 0 Å². The molecule has 5 heteroatoms. The first-order chi connectivity index (χ1) is 28.8. The summed E-state index contributed by atoms with van der Waals surface area (Å²) < 4.78 is 9.81. The van der Waals surface area contributed by atoms with Gasteiger partial charge in [-0.15, -0.1) is 11.3 Å². The van der Waals surface area contributed by atoms with Gasteiger partial charge in [0.15, 0.2) is 0 Å². The minimum Gasteiger partial charge on any atom is -0.309 e. The highest BCUT2D eigenvalue weighted by molar-refractivity contribution is 7.25. The maximum absolute atomic E-state index is 5.38. The smallest absolute Gasteiger partial charge is 0.138 e. The van der Waals surface area contributed by atoms with Crippen LogP contribution in [0, 0.1) is 0 Å². The number of para-hydroxylation sites is 4. The van der Waals surface area contributed by atoms with Gasteiger partial charge in [-0.2, -0.15) is 0 Å². The van der Waals surface area contributed by atoms with Crippen molar-refractivity contribution in [1.29, 1.82) is 0 Å². The van der Waals surface area contributed by atoms with Crippen LogP contribution in [0.15, 0.2) is 194 Å². The lowest BCUT2D eigenvalue weighted by Crippen LogP contribution is -1.99. The molecule has 0 saturated heterocycles. The van der Waals surface area contributed by atoms with E-state index in [1.807, 2.05) is 11.3 Å². The fraction of sp³-hybridized carbons (Fsp3) is 0. The molecular formula is C53H32N4S. The van der Waals surface area contributed by atoms with Gasteiger partial charge in [0.1, 0.15) is 5.82 Å². The summed E-state index contributed by atoms with van der Waals surface area (Å²) in [4.78, 5) is 5.38. The summed E-state index contributed by atoms with van der Waals surface area (Å²) >= 11 is 1.84. The molecule has 58 heavy (non-hydrogen) atoms. The van der Waals surface area contributed by atoms with Crippen LogP contribution in [0.2, 0.25) is 0 Å². The van der Waals surface area contributed by atoms with Crippen molar-refractivity contribution in [2.75, 3.05) is 0 Å². The van der Waals surface area contributed by atoms with Crippen molar-refractivity contribution in [3.05, 3.63) is 194 Å². The van der Waals surface area contributed by atoms with E-state index in [1.54, 1.807) is 0 Å². The molecule has 270 valence electrons. The number of benzene rings is 8. The summed E-state index contributed by atoms with van der Waals surface area (Å²) in [6.07, 6.45) is 0. The zero-order valence-electron chi connectivity index (χ0n) is 31.2. The van der Waals surface area contributed by atoms with E-state index in [9.17, 15) is 0 Å². The minimum atomic E-state index is 0.897. The highest BCUT2D eigenvalue weighted by Gasteiger charge is 2.21. The number of thiophene rings is 1. The molecule has 8 aromatic carbocycles. The summed E-state index contributed by atoms with van der Waals surface area (Å²) in [6.45, 7) is 0. The van der Waals surface area contributed by atoms with Crippen LogP contribution in [0.3, 0.4) is 0 Å². The van der Waals surface area contributed by atoms with Crippen LogP contribution in [-0.2, 0) is 0 Å². The van der Waals surface area contributed by atoms with E-state index < -0.39 is 0 Å². The van der Waals surface area contributed by atoms with Crippen LogP contribution in [0.1, 0.15) is 0 Å². The standard InChI is InChI=1S/C53H32N4S/c1-6-19-43-35(13-1)36-14-2-7-20-44(36)55(43)34-28-29-47-40(32-34)37-15-3-8-21-45(37)56(47)48-23-12-24-49-53(48)39-17-4-9-22-46(39)57(49)52-26-11-18-42(54-52)33-27-30-51-41(31-33)38-16-5-10-25-50(38)58-51/h1-32H. The van der Waals surface area contributed by atoms with Crippen LogP contribution >= 0.6 is 11.3 Å². The topological polar surface area (TPSA) is 27.7 Å². The second-order valence-corrected chi connectivity index (χ2v) is 16.2. The molecule has 0 spiro atoms. The molecule has 5 heterocycles. The average molecular weight is 757 g/mol. The molecule has 0 unspecified atom stereocenters. The van der Waals surface area contributed by atoms with Crippen LogP contribution < -0.4 is 0 Å². The van der Waals surface area contributed by atoms with E-state index in [4.69, 9.17) is 4.98 Å². The van der Waals surface area contributed by atoms with Crippen molar-refractivity contribution in [2.45, 2.75) is 0 Å². The van der Waals surface area contributed by atoms with Crippen molar-refractivity contribution in [3.63, 3.8) is 0 Å². The quantitative estimate of drug-likeness (QED) is 0.176. The van der Waals surface area contributed by atoms with Crippen LogP contribution in [0.25, 0.3) is 114 Å². The van der Waals surface area contributed by atoms with Gasteiger partial charge >= 0.3 is 0 Å². The van der Waals surface area contributed by atoms with Crippen molar-refractivity contribution >= 4 is 96.9 Å². The van der Waals surface area contributed by atoms with Gasteiger partial charge < -0.3 is 9.13 Å². The molecular weight excluding hydrogens is 725 g/mol. The first kappa shape index (κ1) is 31.7. The molecule has 0 amide bonds. The van der Waals surface area contributed by atoms with E-state index in [0.717, 1.165) is 39.5 Å². The summed E-state index contributed by atoms with van der Waals surface area (Å²) in [5.74, 6) is 0.897. The van der Waals surface area contributed by atoms with Crippen LogP contribution in [0.5, 0.6) is 0 Å². The number of hydrogen-bond donors (Lipinski definition) is 0. The zero-order chi connectivity index (χ0) is 37.9. The molecule has 0 N–H and O–H groups in total. The highest BCUT2D eigenvalue weighted by atomic mass is 32.1. The Labute approximate surface area is 336 Å². The normalized spacial score (nSPS) is 12.1. The van der Waals surface area contributed by atoms with Gasteiger partial charge in [0, 0.05) is 63.7 Å². The third kappa shape index (κ3) is 4.42. The second kappa shape index (κ2) is 12.0. The summed E-state index contributed by atoms with van der Waals surface area (Å²) in [7, 11) is 0. The van der Waals surface area contributed by atoms with E-state index in [-0.39, 0.29) is 0 Å². The summed E-state index contributed by atoms with van der Waals surface area (Å²) in [6, 6.07) is 70.6. The number of hydrogen-bond acceptors (Lipinski definition) is 2. The zero-order valence-corrected chi connectivity index (χ0v) is 32.0. The Bertz CT molecular complexity index is 3770. The van der Waals surface area contributed by atoms with Crippen molar-refractivity contribution in [1.82, 2.24) is 18.7 Å². The maximum Gasteiger partial charge on any atom is 0.138 e. The third-order valence-corrected chi connectivity index (χ3v) is 13.2. The van der Waals surface area contributed by atoms with Crippen LogP contribution in [0.4, 0.5) is 0 Å². The molecule has 0 saturated carbocycles. The van der Waals surface area contributed by atoms with Gasteiger partial charge in [-0.1, -0.05) is 109 Å². The Morgan fingerprint density at radius 2 is 0.914 bits per heavy atom. The van der Waals surface area contributed by atoms with Crippen molar-refractivity contribution < 1.29 is 0 Å². The molecule has 4 nitrogen and oxygen atoms in total. The SMILES string of the molecule is c1cc(-c2ccc3sc4ccccc4c3c2)nc(-n2c3ccccc3c3c(-n4c5ccccc5c5cc(-n6c7ccccc7c7ccccc76)ccc54)cccc32)c1. The molecule has 0 radical (unpaired) electrons. The second-order valence-electron chi connectivity index (χ2n) is 15.1. The van der Waals surface area contributed by atoms with E-state index >= 15 is 0 Å². The van der Waals surface area contributed by atoms with Crippen LogP contribution in [-0.4, -0.2) is 18.7 Å². The fourth-order valence-electron chi connectivity index (χ4n) is 9.59. The largest absolute Gasteiger partial charge is 0.309 e. The van der Waals surface area contributed by atoms with Gasteiger partial charge in [-0.25, -0.2) is 4.98 Å². The number of pyridine rings is 1. The van der Waals surface area contributed by atoms with E-state index in [2.05, 4.69) is 208 Å². The predicted octanol–water partition coefficient (Wildman–Crippen LogP) is 14.4. The third-order valence-electron chi connectivity index (χ3n) is 12.0. The van der Waals surface area contributed by atoms with Gasteiger partial charge in [0.2, 0.25) is 0 Å². The monoisotopic (exact) mass is 756 g/mol. The molecule has 0 bridgehead atoms. The lowest BCUT2D eigenvalue weighted by atomic mass is 10.1. The fourth-order valence-corrected chi connectivity index (χ4v) is 10.7. The first-order valence-electron chi connectivity index (χ1n) is 19.7. The number of aromatic nitrogens is 4. The molecule has 13 aromatic rings. The summed E-state index contributed by atoms with van der Waals surface area (Å²) in [5.41, 5.74) is 11.4. The van der Waals surface area contributed by atoms with Gasteiger partial charge in [0.05, 0.1) is 44.5 Å². The Hall–Kier alpha value is -7.47. The van der Waals surface area contributed by atoms with Gasteiger partial charge in [-0.3, -0.25) is 4.57 Å². The Morgan fingerprint density at radius 3 is 1.67 bits per heavy atom. The van der Waals surface area contributed by atoms with E-state index in [0.29, 0.717) is 0 Å². The molecule has 0 atom stereocenters. The number of nitrogens with zero attached hydrogens (tertiary/aromatic N) is 4. The van der Waals surface area contributed by atoms with Gasteiger partial charge in [-0.05, 0) is 84.9 Å². The maximum atomic E-state index is 5.38. The number of fused-ring (bicyclic) bond motifs is 12. The molecule has 5 aromatic heterocycles. The minimum absolute atomic E-state index is 0.897. The predicted molar refractivity (Wildman–Crippen MR) is 246 cm³/mol. The molecule has 0 aliphatic heterocycles. The Morgan fingerprint density at radius 1 is 0.345 bits per heavy atom. The lowest BCUT2D eigenvalue weighted by Gasteiger charge is -2.12. The Balaban J connectivity index is 1.03. The molecule has 0 aliphatic rings. The van der Waals surface area contributed by atoms with Crippen molar-refractivity contribution in [3.8, 4) is 28.5 Å². The first-order valence-corrected chi connectivity index (χ1v) is 20.5. The molecule has 0 aliphatic carbocycles. The highest BCUT2D eigenvalue weighted by Crippen LogP contribution is 2.42. The van der Waals surface area contributed by atoms with E-state index in [1.165, 1.54) is 74.6 Å². The van der Waals surface area contributed by atoms with Crippen molar-refractivity contribution in [2.24, 2.45) is 0 Å². The summed E-state index contributed by atoms with van der Waals surface area (Å²) in [5, 5.41) is 9.95. The Kier molecular flexibility index (Phi) is 6.57. The lowest BCUT2D eigenvalue weighted by molar-refractivity contribution is 1.08.